The van der Waals surface area contributed by atoms with Crippen LogP contribution in [-0.2, 0) is 13.1 Å². The minimum atomic E-state index is 0.527. The first-order valence-corrected chi connectivity index (χ1v) is 4.81. The van der Waals surface area contributed by atoms with Gasteiger partial charge in [-0.1, -0.05) is 0 Å². The highest BCUT2D eigenvalue weighted by molar-refractivity contribution is 5.89. The zero-order valence-electron chi connectivity index (χ0n) is 8.44. The van der Waals surface area contributed by atoms with Crippen molar-refractivity contribution in [1.82, 2.24) is 19.9 Å². The van der Waals surface area contributed by atoms with Gasteiger partial charge in [-0.05, 0) is 18.2 Å². The average Bonchev–Trinajstić information content (AvgIpc) is 2.58. The Morgan fingerprint density at radius 3 is 3.00 bits per heavy atom. The second-order valence-corrected chi connectivity index (χ2v) is 3.89. The molecule has 0 saturated heterocycles. The van der Waals surface area contributed by atoms with Crippen molar-refractivity contribution in [2.75, 3.05) is 12.8 Å². The highest BCUT2D eigenvalue weighted by atomic mass is 15.1. The Bertz CT molecular complexity index is 537. The van der Waals surface area contributed by atoms with Gasteiger partial charge in [0.05, 0.1) is 5.39 Å². The Morgan fingerprint density at radius 1 is 1.27 bits per heavy atom. The summed E-state index contributed by atoms with van der Waals surface area (Å²) in [5.41, 5.74) is 9.01. The Hall–Kier alpha value is -1.75. The third-order valence-electron chi connectivity index (χ3n) is 2.76. The quantitative estimate of drug-likeness (QED) is 0.674. The van der Waals surface area contributed by atoms with Gasteiger partial charge in [0, 0.05) is 19.3 Å². The standard InChI is InChI=1S/C10H11N5/c1-15-3-6-2-12-10-8(7(6)4-15)9(11)13-5-14-10/h2,5H,3-4H2,1H3,(H2,11,12,13,14). The van der Waals surface area contributed by atoms with Gasteiger partial charge in [0.15, 0.2) is 5.65 Å². The van der Waals surface area contributed by atoms with Gasteiger partial charge in [-0.3, -0.25) is 4.90 Å². The number of anilines is 1. The van der Waals surface area contributed by atoms with E-state index in [9.17, 15) is 0 Å². The second-order valence-electron chi connectivity index (χ2n) is 3.89. The lowest BCUT2D eigenvalue weighted by atomic mass is 10.1. The normalized spacial score (nSPS) is 15.8. The number of hydrogen-bond acceptors (Lipinski definition) is 5. The molecule has 15 heavy (non-hydrogen) atoms. The molecule has 5 nitrogen and oxygen atoms in total. The van der Waals surface area contributed by atoms with Crippen LogP contribution in [0.25, 0.3) is 11.0 Å². The molecule has 0 spiro atoms. The molecule has 0 aliphatic carbocycles. The monoisotopic (exact) mass is 201 g/mol. The molecular weight excluding hydrogens is 190 g/mol. The van der Waals surface area contributed by atoms with Crippen LogP contribution in [0.4, 0.5) is 5.82 Å². The SMILES string of the molecule is CN1Cc2cnc3ncnc(N)c3c2C1. The number of pyridine rings is 1. The van der Waals surface area contributed by atoms with E-state index in [1.807, 2.05) is 6.20 Å². The predicted molar refractivity (Wildman–Crippen MR) is 56.9 cm³/mol. The molecule has 2 aromatic heterocycles. The Labute approximate surface area is 87.0 Å². The maximum absolute atomic E-state index is 5.87. The molecule has 0 fully saturated rings. The molecule has 1 aliphatic rings. The number of nitrogens with zero attached hydrogens (tertiary/aromatic N) is 4. The third-order valence-corrected chi connectivity index (χ3v) is 2.76. The van der Waals surface area contributed by atoms with E-state index >= 15 is 0 Å². The molecule has 0 saturated carbocycles. The molecule has 2 N–H and O–H groups in total. The van der Waals surface area contributed by atoms with Crippen LogP contribution in [0.5, 0.6) is 0 Å². The molecule has 1 aliphatic heterocycles. The van der Waals surface area contributed by atoms with Gasteiger partial charge in [-0.15, -0.1) is 0 Å². The molecule has 0 bridgehead atoms. The summed E-state index contributed by atoms with van der Waals surface area (Å²) in [7, 11) is 2.08. The lowest BCUT2D eigenvalue weighted by Crippen LogP contribution is -2.07. The van der Waals surface area contributed by atoms with Crippen molar-refractivity contribution >= 4 is 16.9 Å². The molecule has 3 heterocycles. The average molecular weight is 201 g/mol. The van der Waals surface area contributed by atoms with Crippen LogP contribution in [-0.4, -0.2) is 26.9 Å². The lowest BCUT2D eigenvalue weighted by Gasteiger charge is -2.05. The van der Waals surface area contributed by atoms with Crippen molar-refractivity contribution in [3.63, 3.8) is 0 Å². The Kier molecular flexibility index (Phi) is 1.63. The molecule has 76 valence electrons. The van der Waals surface area contributed by atoms with Crippen LogP contribution < -0.4 is 5.73 Å². The second kappa shape index (κ2) is 2.87. The number of nitrogen functional groups attached to an aromatic ring is 1. The highest BCUT2D eigenvalue weighted by Crippen LogP contribution is 2.29. The van der Waals surface area contributed by atoms with E-state index in [2.05, 4.69) is 26.9 Å². The molecule has 0 radical (unpaired) electrons. The number of rotatable bonds is 0. The number of hydrogen-bond donors (Lipinski definition) is 1. The molecule has 0 aromatic carbocycles. The summed E-state index contributed by atoms with van der Waals surface area (Å²) in [6.45, 7) is 1.82. The van der Waals surface area contributed by atoms with Gasteiger partial charge in [-0.25, -0.2) is 15.0 Å². The zero-order valence-corrected chi connectivity index (χ0v) is 8.44. The Balaban J connectivity index is 2.38. The van der Waals surface area contributed by atoms with Gasteiger partial charge in [0.2, 0.25) is 0 Å². The smallest absolute Gasteiger partial charge is 0.164 e. The van der Waals surface area contributed by atoms with Crippen LogP contribution >= 0.6 is 0 Å². The van der Waals surface area contributed by atoms with E-state index in [1.165, 1.54) is 17.5 Å². The van der Waals surface area contributed by atoms with E-state index in [-0.39, 0.29) is 0 Å². The Morgan fingerprint density at radius 2 is 2.13 bits per heavy atom. The molecule has 2 aromatic rings. The number of aromatic nitrogens is 3. The van der Waals surface area contributed by atoms with Crippen LogP contribution in [0.2, 0.25) is 0 Å². The molecule has 5 heteroatoms. The van der Waals surface area contributed by atoms with Gasteiger partial charge in [0.1, 0.15) is 12.1 Å². The van der Waals surface area contributed by atoms with Crippen LogP contribution in [0.3, 0.4) is 0 Å². The van der Waals surface area contributed by atoms with Gasteiger partial charge in [-0.2, -0.15) is 0 Å². The van der Waals surface area contributed by atoms with Crippen molar-refractivity contribution in [2.45, 2.75) is 13.1 Å². The molecule has 0 amide bonds. The predicted octanol–water partition coefficient (Wildman–Crippen LogP) is 0.552. The first-order valence-electron chi connectivity index (χ1n) is 4.81. The van der Waals surface area contributed by atoms with Gasteiger partial charge >= 0.3 is 0 Å². The molecule has 0 atom stereocenters. The van der Waals surface area contributed by atoms with E-state index in [0.717, 1.165) is 18.5 Å². The van der Waals surface area contributed by atoms with Crippen molar-refractivity contribution in [2.24, 2.45) is 0 Å². The van der Waals surface area contributed by atoms with Crippen molar-refractivity contribution in [1.29, 1.82) is 0 Å². The minimum Gasteiger partial charge on any atom is -0.383 e. The number of fused-ring (bicyclic) bond motifs is 3. The highest BCUT2D eigenvalue weighted by Gasteiger charge is 2.20. The molecule has 0 unspecified atom stereocenters. The van der Waals surface area contributed by atoms with E-state index in [1.54, 1.807) is 0 Å². The van der Waals surface area contributed by atoms with Crippen molar-refractivity contribution in [3.05, 3.63) is 23.7 Å². The maximum Gasteiger partial charge on any atom is 0.164 e. The molecule has 3 rings (SSSR count). The topological polar surface area (TPSA) is 67.9 Å². The largest absolute Gasteiger partial charge is 0.383 e. The summed E-state index contributed by atoms with van der Waals surface area (Å²) in [6, 6.07) is 0. The number of nitrogens with two attached hydrogens (primary N) is 1. The molecular formula is C10H11N5. The van der Waals surface area contributed by atoms with E-state index in [0.29, 0.717) is 11.5 Å². The van der Waals surface area contributed by atoms with Gasteiger partial charge in [0.25, 0.3) is 0 Å². The summed E-state index contributed by atoms with van der Waals surface area (Å²) < 4.78 is 0. The minimum absolute atomic E-state index is 0.527. The summed E-state index contributed by atoms with van der Waals surface area (Å²) in [5.74, 6) is 0.527. The first kappa shape index (κ1) is 8.55. The van der Waals surface area contributed by atoms with Crippen molar-refractivity contribution in [3.8, 4) is 0 Å². The summed E-state index contributed by atoms with van der Waals surface area (Å²) >= 11 is 0. The third kappa shape index (κ3) is 1.16. The fourth-order valence-electron chi connectivity index (χ4n) is 2.09. The zero-order chi connectivity index (χ0) is 10.4. The fraction of sp³-hybridized carbons (Fsp3) is 0.300. The van der Waals surface area contributed by atoms with E-state index in [4.69, 9.17) is 5.73 Å². The van der Waals surface area contributed by atoms with Crippen molar-refractivity contribution < 1.29 is 0 Å². The van der Waals surface area contributed by atoms with Crippen LogP contribution in [0.15, 0.2) is 12.5 Å². The lowest BCUT2D eigenvalue weighted by molar-refractivity contribution is 0.353. The van der Waals surface area contributed by atoms with Crippen LogP contribution in [0.1, 0.15) is 11.1 Å². The van der Waals surface area contributed by atoms with E-state index < -0.39 is 0 Å². The van der Waals surface area contributed by atoms with Crippen LogP contribution in [0, 0.1) is 0 Å². The summed E-state index contributed by atoms with van der Waals surface area (Å²) in [4.78, 5) is 14.7. The fourth-order valence-corrected chi connectivity index (χ4v) is 2.09. The summed E-state index contributed by atoms with van der Waals surface area (Å²) in [5, 5.41) is 0.916. The summed E-state index contributed by atoms with van der Waals surface area (Å²) in [6.07, 6.45) is 3.34. The first-order chi connectivity index (χ1) is 7.25. The maximum atomic E-state index is 5.87. The van der Waals surface area contributed by atoms with Gasteiger partial charge < -0.3 is 5.73 Å².